The highest BCUT2D eigenvalue weighted by molar-refractivity contribution is 7.20. The Balaban J connectivity index is 1.34. The van der Waals surface area contributed by atoms with Crippen LogP contribution in [0.25, 0.3) is 33.5 Å². The molecule has 9 aromatic rings. The average molecular weight is 762 g/mol. The van der Waals surface area contributed by atoms with Gasteiger partial charge in [0.2, 0.25) is 5.78 Å². The third kappa shape index (κ3) is 5.43. The van der Waals surface area contributed by atoms with Gasteiger partial charge in [-0.2, -0.15) is 0 Å². The van der Waals surface area contributed by atoms with E-state index in [0.717, 1.165) is 54.3 Å². The van der Waals surface area contributed by atoms with Gasteiger partial charge in [0.05, 0.1) is 22.1 Å². The van der Waals surface area contributed by atoms with Crippen molar-refractivity contribution in [3.63, 3.8) is 0 Å². The zero-order valence-corrected chi connectivity index (χ0v) is 33.3. The van der Waals surface area contributed by atoms with Gasteiger partial charge in [0, 0.05) is 27.7 Å². The van der Waals surface area contributed by atoms with E-state index in [-0.39, 0.29) is 12.8 Å². The highest BCUT2D eigenvalue weighted by atomic mass is 28.3. The molecular weight excluding hydrogens is 711 g/mol. The minimum absolute atomic E-state index is 0.179. The van der Waals surface area contributed by atoms with Gasteiger partial charge in [-0.05, 0) is 76.0 Å². The second kappa shape index (κ2) is 14.4. The van der Waals surface area contributed by atoms with Gasteiger partial charge in [-0.1, -0.05) is 173 Å². The molecular formula is C52H47N3OSi. The third-order valence-electron chi connectivity index (χ3n) is 11.7. The van der Waals surface area contributed by atoms with Crippen LogP contribution < -0.4 is 25.5 Å². The molecule has 3 heterocycles. The van der Waals surface area contributed by atoms with E-state index in [0.29, 0.717) is 35.5 Å². The van der Waals surface area contributed by atoms with Crippen molar-refractivity contribution in [3.05, 3.63) is 187 Å². The molecule has 0 aliphatic carbocycles. The molecule has 0 saturated carbocycles. The Bertz CT molecular complexity index is 3010. The standard InChI is InChI=1S/C52H47N3OSi/c1-3-5-35-52(36-6-4-2)42-27-13-18-33-48(42)56-50-43(52)28-20-34-49(50)57(39-22-9-7-10-23-39,40-24-11-8-12-25-40)41-26-19-21-38(37-41)54-46-31-16-17-32-47(46)55-45-30-15-14-29-44(45)53-51(54)55/h7-34,37H,3-6,35-36H2,1-2H3/i35D2,36D2. The highest BCUT2D eigenvalue weighted by Gasteiger charge is 2.48. The predicted octanol–water partition coefficient (Wildman–Crippen LogP) is 10.6. The van der Waals surface area contributed by atoms with Crippen LogP contribution in [0.4, 0.5) is 0 Å². The summed E-state index contributed by atoms with van der Waals surface area (Å²) >= 11 is 0. The molecule has 7 aromatic carbocycles. The normalized spacial score (nSPS) is 15.0. The molecule has 1 aliphatic heterocycles. The molecule has 1 aliphatic rings. The van der Waals surface area contributed by atoms with Gasteiger partial charge in [-0.3, -0.25) is 8.97 Å². The quantitative estimate of drug-likeness (QED) is 0.0971. The van der Waals surface area contributed by atoms with Crippen LogP contribution >= 0.6 is 0 Å². The van der Waals surface area contributed by atoms with Gasteiger partial charge in [0.15, 0.2) is 8.07 Å². The molecule has 0 atom stereocenters. The number of hydrogen-bond donors (Lipinski definition) is 0. The number of ether oxygens (including phenoxy) is 1. The Labute approximate surface area is 341 Å². The second-order valence-corrected chi connectivity index (χ2v) is 18.7. The van der Waals surface area contributed by atoms with E-state index < -0.39 is 26.2 Å². The van der Waals surface area contributed by atoms with Gasteiger partial charge < -0.3 is 4.74 Å². The van der Waals surface area contributed by atoms with Crippen LogP contribution in [0.5, 0.6) is 11.5 Å². The number of hydrogen-bond acceptors (Lipinski definition) is 2. The summed E-state index contributed by atoms with van der Waals surface area (Å²) in [6.07, 6.45) is -2.49. The van der Waals surface area contributed by atoms with Crippen molar-refractivity contribution in [2.75, 3.05) is 0 Å². The fraction of sp³-hybridized carbons (Fsp3) is 0.173. The molecule has 0 unspecified atom stereocenters. The van der Waals surface area contributed by atoms with E-state index in [1.54, 1.807) is 0 Å². The molecule has 4 nitrogen and oxygen atoms in total. The first kappa shape index (κ1) is 31.0. The summed E-state index contributed by atoms with van der Waals surface area (Å²) in [5, 5.41) is 4.29. The minimum Gasteiger partial charge on any atom is -0.457 e. The number of nitrogens with zero attached hydrogens (tertiary/aromatic N) is 3. The zero-order valence-electron chi connectivity index (χ0n) is 36.3. The lowest BCUT2D eigenvalue weighted by molar-refractivity contribution is 0.345. The molecule has 0 amide bonds. The average Bonchev–Trinajstić information content (AvgIpc) is 3.81. The topological polar surface area (TPSA) is 31.5 Å². The first-order valence-electron chi connectivity index (χ1n) is 22.2. The second-order valence-electron chi connectivity index (χ2n) is 15.0. The molecule has 0 fully saturated rings. The lowest BCUT2D eigenvalue weighted by Crippen LogP contribution is -2.75. The van der Waals surface area contributed by atoms with E-state index >= 15 is 0 Å². The van der Waals surface area contributed by atoms with Crippen molar-refractivity contribution in [2.45, 2.75) is 57.7 Å². The van der Waals surface area contributed by atoms with Gasteiger partial charge in [0.1, 0.15) is 11.5 Å². The van der Waals surface area contributed by atoms with Crippen LogP contribution in [-0.4, -0.2) is 22.0 Å². The maximum Gasteiger partial charge on any atom is 0.220 e. The van der Waals surface area contributed by atoms with Gasteiger partial charge in [0.25, 0.3) is 0 Å². The van der Waals surface area contributed by atoms with Gasteiger partial charge >= 0.3 is 0 Å². The molecule has 0 saturated heterocycles. The Kier molecular flexibility index (Phi) is 7.83. The third-order valence-corrected chi connectivity index (χ3v) is 16.4. The molecule has 57 heavy (non-hydrogen) atoms. The van der Waals surface area contributed by atoms with E-state index in [4.69, 9.17) is 9.72 Å². The largest absolute Gasteiger partial charge is 0.457 e. The summed E-state index contributed by atoms with van der Waals surface area (Å²) < 4.78 is 51.8. The van der Waals surface area contributed by atoms with Crippen molar-refractivity contribution in [1.82, 2.24) is 14.0 Å². The van der Waals surface area contributed by atoms with Crippen molar-refractivity contribution >= 4 is 56.7 Å². The van der Waals surface area contributed by atoms with Crippen LogP contribution in [0, 0.1) is 0 Å². The lowest BCUT2D eigenvalue weighted by atomic mass is 9.66. The molecule has 0 radical (unpaired) electrons. The number of benzene rings is 7. The summed E-state index contributed by atoms with van der Waals surface area (Å²) in [7, 11) is -3.44. The maximum atomic E-state index is 10.0. The van der Waals surface area contributed by atoms with E-state index in [1.165, 1.54) is 0 Å². The summed E-state index contributed by atoms with van der Waals surface area (Å²) in [5.74, 6) is 1.86. The van der Waals surface area contributed by atoms with E-state index in [1.807, 2.05) is 68.4 Å². The number of aromatic nitrogens is 3. The first-order chi connectivity index (χ1) is 29.7. The zero-order chi connectivity index (χ0) is 42.0. The summed E-state index contributed by atoms with van der Waals surface area (Å²) in [6, 6.07) is 60.6. The van der Waals surface area contributed by atoms with Crippen LogP contribution in [0.2, 0.25) is 0 Å². The molecule has 0 bridgehead atoms. The fourth-order valence-electron chi connectivity index (χ4n) is 9.25. The smallest absolute Gasteiger partial charge is 0.220 e. The summed E-state index contributed by atoms with van der Waals surface area (Å²) in [5.41, 5.74) is 4.47. The van der Waals surface area contributed by atoms with Crippen LogP contribution in [0.3, 0.4) is 0 Å². The number of imidazole rings is 2. The van der Waals surface area contributed by atoms with E-state index in [2.05, 4.69) is 130 Å². The number of fused-ring (bicyclic) bond motifs is 7. The van der Waals surface area contributed by atoms with Crippen molar-refractivity contribution in [3.8, 4) is 17.2 Å². The molecule has 10 rings (SSSR count). The Hall–Kier alpha value is -6.17. The molecule has 280 valence electrons. The highest BCUT2D eigenvalue weighted by Crippen LogP contribution is 2.53. The monoisotopic (exact) mass is 761 g/mol. The molecule has 0 N–H and O–H groups in total. The Morgan fingerprint density at radius 1 is 0.579 bits per heavy atom. The van der Waals surface area contributed by atoms with Crippen LogP contribution in [0.15, 0.2) is 176 Å². The van der Waals surface area contributed by atoms with Crippen LogP contribution in [0.1, 0.15) is 68.9 Å². The summed E-state index contributed by atoms with van der Waals surface area (Å²) in [6.45, 7) is 3.96. The number of para-hydroxylation sites is 6. The Morgan fingerprint density at radius 3 is 1.88 bits per heavy atom. The lowest BCUT2D eigenvalue weighted by Gasteiger charge is -2.44. The summed E-state index contributed by atoms with van der Waals surface area (Å²) in [4.78, 5) is 5.21. The Morgan fingerprint density at radius 2 is 1.16 bits per heavy atom. The van der Waals surface area contributed by atoms with E-state index in [9.17, 15) is 5.48 Å². The van der Waals surface area contributed by atoms with Crippen molar-refractivity contribution < 1.29 is 10.2 Å². The van der Waals surface area contributed by atoms with Crippen molar-refractivity contribution in [1.29, 1.82) is 0 Å². The molecule has 0 spiro atoms. The molecule has 5 heteroatoms. The molecule has 2 aromatic heterocycles. The fourth-order valence-corrected chi connectivity index (χ4v) is 14.2. The minimum atomic E-state index is -3.44. The van der Waals surface area contributed by atoms with Gasteiger partial charge in [-0.25, -0.2) is 4.98 Å². The predicted molar refractivity (Wildman–Crippen MR) is 239 cm³/mol. The maximum absolute atomic E-state index is 10.0. The van der Waals surface area contributed by atoms with Gasteiger partial charge in [-0.15, -0.1) is 0 Å². The first-order valence-corrected chi connectivity index (χ1v) is 22.2. The number of rotatable bonds is 11. The van der Waals surface area contributed by atoms with Crippen molar-refractivity contribution in [2.24, 2.45) is 0 Å². The van der Waals surface area contributed by atoms with Crippen LogP contribution in [-0.2, 0) is 5.41 Å². The SMILES string of the molecule is [2H]C([2H])(CCC)C1(C([2H])([2H])CCC)c2ccccc2Oc2c1cccc2[Si](c1ccccc1)(c1ccccc1)c1cccc(-n2c3ccccc3n3c4ccccc4nc23)c1.